The van der Waals surface area contributed by atoms with Crippen LogP contribution in [0.5, 0.6) is 0 Å². The van der Waals surface area contributed by atoms with Gasteiger partial charge >= 0.3 is 13.1 Å². The highest BCUT2D eigenvalue weighted by atomic mass is 35.5. The molecule has 0 bridgehead atoms. The summed E-state index contributed by atoms with van der Waals surface area (Å²) in [4.78, 5) is 20.4. The number of methoxy groups -OCH3 is 1. The van der Waals surface area contributed by atoms with Crippen LogP contribution in [-0.2, 0) is 18.8 Å². The van der Waals surface area contributed by atoms with Gasteiger partial charge in [-0.2, -0.15) is 0 Å². The van der Waals surface area contributed by atoms with E-state index >= 15 is 0 Å². The second kappa shape index (κ2) is 7.60. The number of rotatable bonds is 5. The van der Waals surface area contributed by atoms with E-state index in [1.165, 1.54) is 18.9 Å². The van der Waals surface area contributed by atoms with E-state index in [2.05, 4.69) is 9.97 Å². The summed E-state index contributed by atoms with van der Waals surface area (Å²) in [5, 5.41) is 0.797. The second-order valence-electron chi connectivity index (χ2n) is 6.72. The fourth-order valence-corrected chi connectivity index (χ4v) is 3.58. The van der Waals surface area contributed by atoms with E-state index in [0.29, 0.717) is 10.7 Å². The average molecular weight is 407 g/mol. The highest BCUT2D eigenvalue weighted by Gasteiger charge is 2.55. The number of hydrogen-bond donors (Lipinski definition) is 0. The third-order valence-electron chi connectivity index (χ3n) is 4.60. The van der Waals surface area contributed by atoms with Gasteiger partial charge < -0.3 is 14.0 Å². The van der Waals surface area contributed by atoms with E-state index in [1.54, 1.807) is 0 Å². The van der Waals surface area contributed by atoms with Crippen LogP contribution in [0.2, 0.25) is 10.3 Å². The third-order valence-corrected chi connectivity index (χ3v) is 5.72. The molecule has 6 nitrogen and oxygen atoms in total. The van der Waals surface area contributed by atoms with Crippen molar-refractivity contribution in [1.29, 1.82) is 0 Å². The van der Waals surface area contributed by atoms with Crippen molar-refractivity contribution in [2.75, 3.05) is 13.4 Å². The van der Waals surface area contributed by atoms with Gasteiger partial charge in [-0.3, -0.25) is 4.79 Å². The predicted molar refractivity (Wildman–Crippen MR) is 99.3 cm³/mol. The highest BCUT2D eigenvalue weighted by molar-refractivity contribution is 7.98. The Morgan fingerprint density at radius 2 is 1.68 bits per heavy atom. The predicted octanol–water partition coefficient (Wildman–Crippen LogP) is 3.78. The lowest BCUT2D eigenvalue weighted by Gasteiger charge is -2.32. The van der Waals surface area contributed by atoms with Gasteiger partial charge in [-0.15, -0.1) is 0 Å². The number of aromatic nitrogens is 2. The Balaban J connectivity index is 2.47. The molecule has 1 aromatic rings. The summed E-state index contributed by atoms with van der Waals surface area (Å²) in [5.74, 6) is -1.02. The molecule has 25 heavy (non-hydrogen) atoms. The van der Waals surface area contributed by atoms with Gasteiger partial charge in [-0.05, 0) is 34.0 Å². The minimum Gasteiger partial charge on any atom is -0.469 e. The smallest absolute Gasteiger partial charge is 0.466 e. The van der Waals surface area contributed by atoms with Crippen LogP contribution in [-0.4, -0.2) is 47.6 Å². The van der Waals surface area contributed by atoms with Crippen LogP contribution < -0.4 is 0 Å². The van der Waals surface area contributed by atoms with Crippen molar-refractivity contribution in [2.24, 2.45) is 0 Å². The maximum Gasteiger partial charge on any atom is 0.466 e. The zero-order chi connectivity index (χ0) is 19.0. The van der Waals surface area contributed by atoms with Gasteiger partial charge in [0.05, 0.1) is 24.7 Å². The Morgan fingerprint density at radius 1 is 1.20 bits per heavy atom. The first-order chi connectivity index (χ1) is 11.5. The van der Waals surface area contributed by atoms with E-state index in [4.69, 9.17) is 37.2 Å². The Morgan fingerprint density at radius 3 is 2.08 bits per heavy atom. The van der Waals surface area contributed by atoms with Crippen molar-refractivity contribution in [1.82, 2.24) is 9.97 Å². The molecule has 0 N–H and O–H groups in total. The fourth-order valence-electron chi connectivity index (χ4n) is 2.45. The van der Waals surface area contributed by atoms with Gasteiger partial charge in [0.25, 0.3) is 0 Å². The van der Waals surface area contributed by atoms with Crippen LogP contribution in [0.15, 0.2) is 5.16 Å². The minimum atomic E-state index is -0.733. The number of halogens is 2. The van der Waals surface area contributed by atoms with Crippen LogP contribution in [0.1, 0.15) is 45.5 Å². The Labute approximate surface area is 162 Å². The molecule has 2 rings (SSSR count). The monoisotopic (exact) mass is 406 g/mol. The largest absolute Gasteiger partial charge is 0.469 e. The van der Waals surface area contributed by atoms with Gasteiger partial charge in [-0.1, -0.05) is 35.0 Å². The molecule has 138 valence electrons. The van der Waals surface area contributed by atoms with Crippen LogP contribution in [0, 0.1) is 0 Å². The summed E-state index contributed by atoms with van der Waals surface area (Å²) in [6.45, 7) is 7.72. The SMILES string of the molecule is COC(=O)CC(B1OC(C)(C)C(C)(C)O1)c1c(Cl)nc(SC)nc1Cl. The van der Waals surface area contributed by atoms with E-state index in [1.807, 2.05) is 34.0 Å². The first kappa shape index (κ1) is 20.8. The van der Waals surface area contributed by atoms with Crippen molar-refractivity contribution >= 4 is 48.1 Å². The van der Waals surface area contributed by atoms with Crippen LogP contribution in [0.25, 0.3) is 0 Å². The van der Waals surface area contributed by atoms with Crippen LogP contribution in [0.3, 0.4) is 0 Å². The summed E-state index contributed by atoms with van der Waals surface area (Å²) in [6, 6.07) is 0. The molecule has 1 aromatic heterocycles. The Bertz CT molecular complexity index is 636. The van der Waals surface area contributed by atoms with E-state index in [9.17, 15) is 4.79 Å². The molecule has 0 aliphatic carbocycles. The second-order valence-corrected chi connectivity index (χ2v) is 8.21. The average Bonchev–Trinajstić information content (AvgIpc) is 2.73. The van der Waals surface area contributed by atoms with Crippen molar-refractivity contribution in [3.8, 4) is 0 Å². The maximum atomic E-state index is 12.0. The van der Waals surface area contributed by atoms with Gasteiger partial charge in [0.15, 0.2) is 5.16 Å². The third kappa shape index (κ3) is 4.25. The number of thioether (sulfide) groups is 1. The number of nitrogens with zero attached hydrogens (tertiary/aromatic N) is 2. The summed E-state index contributed by atoms with van der Waals surface area (Å²) >= 11 is 14.0. The lowest BCUT2D eigenvalue weighted by Crippen LogP contribution is -2.41. The van der Waals surface area contributed by atoms with Crippen LogP contribution in [0.4, 0.5) is 0 Å². The molecule has 0 aromatic carbocycles. The van der Waals surface area contributed by atoms with Crippen LogP contribution >= 0.6 is 35.0 Å². The van der Waals surface area contributed by atoms with Crippen molar-refractivity contribution in [3.63, 3.8) is 0 Å². The molecule has 2 heterocycles. The lowest BCUT2D eigenvalue weighted by molar-refractivity contribution is -0.140. The molecule has 0 spiro atoms. The van der Waals surface area contributed by atoms with Gasteiger partial charge in [-0.25, -0.2) is 9.97 Å². The quantitative estimate of drug-likeness (QED) is 0.242. The topological polar surface area (TPSA) is 70.5 Å². The van der Waals surface area contributed by atoms with E-state index in [0.717, 1.165) is 0 Å². The first-order valence-corrected chi connectivity index (χ1v) is 9.70. The molecule has 1 saturated heterocycles. The molecule has 1 aliphatic heterocycles. The van der Waals surface area contributed by atoms with Gasteiger partial charge in [0.1, 0.15) is 10.3 Å². The van der Waals surface area contributed by atoms with Gasteiger partial charge in [0.2, 0.25) is 0 Å². The summed E-state index contributed by atoms with van der Waals surface area (Å²) in [5.41, 5.74) is -0.708. The van der Waals surface area contributed by atoms with Crippen molar-refractivity contribution in [3.05, 3.63) is 15.9 Å². The summed E-state index contributed by atoms with van der Waals surface area (Å²) in [6.07, 6.45) is 1.80. The van der Waals surface area contributed by atoms with Gasteiger partial charge in [0, 0.05) is 11.4 Å². The molecule has 10 heteroatoms. The molecule has 1 unspecified atom stereocenters. The molecular weight excluding hydrogens is 386 g/mol. The maximum absolute atomic E-state index is 12.0. The number of hydrogen-bond acceptors (Lipinski definition) is 7. The number of carbonyl (C=O) groups is 1. The Kier molecular flexibility index (Phi) is 6.32. The Hall–Kier alpha value is -0.535. The number of esters is 1. The lowest BCUT2D eigenvalue weighted by atomic mass is 9.66. The fraction of sp³-hybridized carbons (Fsp3) is 0.667. The number of ether oxygens (including phenoxy) is 1. The minimum absolute atomic E-state index is 0.0191. The van der Waals surface area contributed by atoms with Crippen molar-refractivity contribution < 1.29 is 18.8 Å². The van der Waals surface area contributed by atoms with E-state index < -0.39 is 30.1 Å². The first-order valence-electron chi connectivity index (χ1n) is 7.71. The van der Waals surface area contributed by atoms with Crippen molar-refractivity contribution in [2.45, 2.75) is 56.3 Å². The summed E-state index contributed by atoms with van der Waals surface area (Å²) in [7, 11) is 0.586. The zero-order valence-corrected chi connectivity index (χ0v) is 17.4. The summed E-state index contributed by atoms with van der Waals surface area (Å²) < 4.78 is 17.0. The molecule has 1 atom stereocenters. The standard InChI is InChI=1S/C15H21BCl2N2O4S/c1-14(2)15(3,4)24-16(23-14)8(7-9(21)22-5)10-11(17)19-13(25-6)20-12(10)18/h8H,7H2,1-6H3. The molecular formula is C15H21BCl2N2O4S. The zero-order valence-electron chi connectivity index (χ0n) is 15.1. The number of carbonyl (C=O) groups excluding carboxylic acids is 1. The molecule has 0 amide bonds. The normalized spacial score (nSPS) is 19.8. The highest BCUT2D eigenvalue weighted by Crippen LogP contribution is 2.44. The molecule has 0 radical (unpaired) electrons. The van der Waals surface area contributed by atoms with E-state index in [-0.39, 0.29) is 16.7 Å². The molecule has 0 saturated carbocycles. The molecule has 1 aliphatic rings. The molecule has 1 fully saturated rings.